The van der Waals surface area contributed by atoms with Gasteiger partial charge in [-0.3, -0.25) is 4.79 Å². The molecule has 4 heterocycles. The van der Waals surface area contributed by atoms with Crippen LogP contribution in [0.25, 0.3) is 11.0 Å². The van der Waals surface area contributed by atoms with Crippen LogP contribution in [0.1, 0.15) is 116 Å². The summed E-state index contributed by atoms with van der Waals surface area (Å²) in [4.78, 5) is 43.4. The van der Waals surface area contributed by atoms with E-state index in [1.807, 2.05) is 13.0 Å². The summed E-state index contributed by atoms with van der Waals surface area (Å²) in [7, 11) is 1.54. The van der Waals surface area contributed by atoms with E-state index < -0.39 is 42.0 Å². The molecule has 0 amide bonds. The maximum atomic E-state index is 14.9. The topological polar surface area (TPSA) is 142 Å². The van der Waals surface area contributed by atoms with Crippen LogP contribution in [0, 0.1) is 11.8 Å². The monoisotopic (exact) mass is 882 g/mol. The van der Waals surface area contributed by atoms with E-state index in [9.17, 15) is 24.6 Å². The molecule has 0 saturated heterocycles. The molecular weight excluding hydrogens is 821 g/mol. The maximum Gasteiger partial charge on any atom is 0.339 e. The number of methoxy groups -OCH3 is 1. The number of ether oxygens (including phenoxy) is 4. The third-order valence-corrected chi connectivity index (χ3v) is 14.1. The number of benzene rings is 4. The van der Waals surface area contributed by atoms with Gasteiger partial charge in [0.1, 0.15) is 16.9 Å². The highest BCUT2D eigenvalue weighted by atomic mass is 16.6. The van der Waals surface area contributed by atoms with Crippen molar-refractivity contribution in [2.75, 3.05) is 20.3 Å². The van der Waals surface area contributed by atoms with Crippen molar-refractivity contribution in [3.8, 4) is 5.75 Å². The number of aryl methyl sites for hydroxylation is 2. The molecule has 2 bridgehead atoms. The molecule has 4 aromatic carbocycles. The normalized spacial score (nSPS) is 22.7. The third-order valence-electron chi connectivity index (χ3n) is 14.1. The fraction of sp³-hybridized carbons (Fsp3) is 0.436. The summed E-state index contributed by atoms with van der Waals surface area (Å²) in [6.07, 6.45) is 6.27. The minimum absolute atomic E-state index is 0.0733. The van der Waals surface area contributed by atoms with E-state index in [4.69, 9.17) is 23.4 Å². The first kappa shape index (κ1) is 46.0. The lowest BCUT2D eigenvalue weighted by molar-refractivity contribution is -0.201. The zero-order chi connectivity index (χ0) is 45.5. The van der Waals surface area contributed by atoms with Crippen LogP contribution in [0.4, 0.5) is 0 Å². The average Bonchev–Trinajstić information content (AvgIpc) is 3.31. The molecule has 1 saturated carbocycles. The average molecular weight is 883 g/mol. The van der Waals surface area contributed by atoms with E-state index in [1.165, 1.54) is 23.8 Å². The minimum atomic E-state index is -1.25. The Balaban J connectivity index is 1.23. The fourth-order valence-electron chi connectivity index (χ4n) is 10.4. The van der Waals surface area contributed by atoms with Crippen LogP contribution in [-0.2, 0) is 62.5 Å². The van der Waals surface area contributed by atoms with Crippen LogP contribution >= 0.6 is 0 Å². The van der Waals surface area contributed by atoms with Crippen molar-refractivity contribution in [3.63, 3.8) is 0 Å². The van der Waals surface area contributed by atoms with Crippen molar-refractivity contribution in [1.29, 1.82) is 0 Å². The quantitative estimate of drug-likeness (QED) is 0.0749. The first-order chi connectivity index (χ1) is 31.6. The Kier molecular flexibility index (Phi) is 14.7. The van der Waals surface area contributed by atoms with Crippen molar-refractivity contribution < 1.29 is 43.2 Å². The SMILES string of the molecule is COCCc1c(CO)c2ccc3c(c2oc1=O)[C@H]1OC(=O)C[C@@H](CCc2cccc(Cc4ccccc4)c2)Cc2ccc(cc2)CC/C(=C(\C)CO)C(=O)O[C@@H]1[C@](C)(C1CCCCC1)O3. The second-order valence-corrected chi connectivity index (χ2v) is 18.5. The number of carbonyl (C=O) groups is 2. The molecule has 0 spiro atoms. The van der Waals surface area contributed by atoms with Gasteiger partial charge in [0.15, 0.2) is 12.2 Å². The molecule has 0 unspecified atom stereocenters. The van der Waals surface area contributed by atoms with Gasteiger partial charge in [-0.2, -0.15) is 0 Å². The van der Waals surface area contributed by atoms with Crippen molar-refractivity contribution in [1.82, 2.24) is 0 Å². The standard InChI is InChI=1S/C55H62O10/c1-35(33-56)43-24-23-36-17-19-39(20-18-36)31-41(22-21-38-13-10-14-40(30-38)29-37-11-6-4-7-12-37)32-48(58)62-51-49-47(65-55(2,52(51)64-53(43)59)42-15-8-5-9-16-42)26-25-44-46(34-57)45(27-28-61-3)54(60)63-50(44)49/h4,6-7,10-14,17-20,25-26,30,41-42,51-52,56-57H,5,8-9,15-16,21-24,27-29,31-34H2,1-3H3/b43-35-/t41-,51+,52-,55-/m0/s1. The van der Waals surface area contributed by atoms with Gasteiger partial charge in [0.05, 0.1) is 25.4 Å². The van der Waals surface area contributed by atoms with Gasteiger partial charge in [0.25, 0.3) is 0 Å². The van der Waals surface area contributed by atoms with Gasteiger partial charge in [-0.15, -0.1) is 0 Å². The number of aliphatic hydroxyl groups is 2. The zero-order valence-electron chi connectivity index (χ0n) is 37.9. The number of fused-ring (bicyclic) bond motifs is 13. The molecule has 0 radical (unpaired) electrons. The van der Waals surface area contributed by atoms with Crippen LogP contribution in [0.15, 0.2) is 111 Å². The van der Waals surface area contributed by atoms with Gasteiger partial charge in [-0.05, 0) is 122 Å². The molecule has 65 heavy (non-hydrogen) atoms. The highest BCUT2D eigenvalue weighted by Gasteiger charge is 2.56. The number of hydrogen-bond acceptors (Lipinski definition) is 10. The van der Waals surface area contributed by atoms with Crippen LogP contribution in [0.2, 0.25) is 0 Å². The molecule has 10 heteroatoms. The maximum absolute atomic E-state index is 14.9. The summed E-state index contributed by atoms with van der Waals surface area (Å²) in [5.41, 5.74) is 5.85. The Hall–Kier alpha value is -5.55. The molecular formula is C55H62O10. The summed E-state index contributed by atoms with van der Waals surface area (Å²) in [6, 6.07) is 30.9. The predicted octanol–water partition coefficient (Wildman–Crippen LogP) is 9.43. The van der Waals surface area contributed by atoms with E-state index in [2.05, 4.69) is 72.8 Å². The van der Waals surface area contributed by atoms with Gasteiger partial charge in [-0.1, -0.05) is 98.1 Å². The summed E-state index contributed by atoms with van der Waals surface area (Å²) < 4.78 is 31.9. The highest BCUT2D eigenvalue weighted by molar-refractivity contribution is 5.90. The van der Waals surface area contributed by atoms with Crippen molar-refractivity contribution in [2.45, 2.75) is 122 Å². The Morgan fingerprint density at radius 1 is 0.785 bits per heavy atom. The summed E-state index contributed by atoms with van der Waals surface area (Å²) >= 11 is 0. The Morgan fingerprint density at radius 2 is 1.52 bits per heavy atom. The van der Waals surface area contributed by atoms with E-state index in [0.29, 0.717) is 59.1 Å². The second kappa shape index (κ2) is 20.7. The molecule has 1 aliphatic carbocycles. The van der Waals surface area contributed by atoms with Gasteiger partial charge >= 0.3 is 17.6 Å². The fourth-order valence-corrected chi connectivity index (χ4v) is 10.4. The van der Waals surface area contributed by atoms with Gasteiger partial charge in [0.2, 0.25) is 0 Å². The van der Waals surface area contributed by atoms with Crippen molar-refractivity contribution >= 4 is 22.9 Å². The molecule has 4 aliphatic rings. The number of carbonyl (C=O) groups excluding carboxylic acids is 2. The molecule has 1 fully saturated rings. The second-order valence-electron chi connectivity index (χ2n) is 18.5. The first-order valence-electron chi connectivity index (χ1n) is 23.4. The summed E-state index contributed by atoms with van der Waals surface area (Å²) in [5, 5.41) is 21.6. The van der Waals surface area contributed by atoms with E-state index in [1.54, 1.807) is 19.1 Å². The van der Waals surface area contributed by atoms with E-state index in [-0.39, 0.29) is 49.0 Å². The molecule has 9 rings (SSSR count). The van der Waals surface area contributed by atoms with Gasteiger partial charge in [0, 0.05) is 42.4 Å². The lowest BCUT2D eigenvalue weighted by Crippen LogP contribution is -2.58. The Bertz CT molecular complexity index is 2550. The molecule has 4 atom stereocenters. The third kappa shape index (κ3) is 10.3. The smallest absolute Gasteiger partial charge is 0.339 e. The van der Waals surface area contributed by atoms with E-state index in [0.717, 1.165) is 56.1 Å². The Morgan fingerprint density at radius 3 is 2.26 bits per heavy atom. The number of esters is 2. The van der Waals surface area contributed by atoms with Gasteiger partial charge in [-0.25, -0.2) is 9.59 Å². The number of aliphatic hydroxyl groups excluding tert-OH is 2. The molecule has 2 N–H and O–H groups in total. The number of hydrogen-bond donors (Lipinski definition) is 2. The van der Waals surface area contributed by atoms with Crippen molar-refractivity contribution in [3.05, 3.63) is 157 Å². The Labute approximate surface area is 381 Å². The molecule has 1 aromatic heterocycles. The lowest BCUT2D eigenvalue weighted by Gasteiger charge is -2.50. The highest BCUT2D eigenvalue weighted by Crippen LogP contribution is 2.52. The first-order valence-corrected chi connectivity index (χ1v) is 23.4. The van der Waals surface area contributed by atoms with Crippen LogP contribution < -0.4 is 10.4 Å². The predicted molar refractivity (Wildman–Crippen MR) is 249 cm³/mol. The largest absolute Gasteiger partial charge is 0.483 e. The minimum Gasteiger partial charge on any atom is -0.483 e. The van der Waals surface area contributed by atoms with E-state index >= 15 is 0 Å². The van der Waals surface area contributed by atoms with Crippen LogP contribution in [-0.4, -0.2) is 54.2 Å². The molecule has 342 valence electrons. The van der Waals surface area contributed by atoms with Gasteiger partial charge < -0.3 is 33.6 Å². The number of rotatable bonds is 11. The van der Waals surface area contributed by atoms with Crippen LogP contribution in [0.5, 0.6) is 5.75 Å². The molecule has 10 nitrogen and oxygen atoms in total. The zero-order valence-corrected chi connectivity index (χ0v) is 37.9. The van der Waals surface area contributed by atoms with Crippen LogP contribution in [0.3, 0.4) is 0 Å². The summed E-state index contributed by atoms with van der Waals surface area (Å²) in [5.74, 6) is -0.943. The summed E-state index contributed by atoms with van der Waals surface area (Å²) in [6.45, 7) is 3.12. The molecule has 5 aromatic rings. The molecule has 3 aliphatic heterocycles. The van der Waals surface area contributed by atoms with Crippen molar-refractivity contribution in [2.24, 2.45) is 11.8 Å². The lowest BCUT2D eigenvalue weighted by atomic mass is 9.71.